The second kappa shape index (κ2) is 20.7. The Bertz CT molecular complexity index is 276. The van der Waals surface area contributed by atoms with Gasteiger partial charge >= 0.3 is 0 Å². The summed E-state index contributed by atoms with van der Waals surface area (Å²) in [5.41, 5.74) is 2.85. The van der Waals surface area contributed by atoms with Crippen molar-refractivity contribution in [2.75, 3.05) is 0 Å². The van der Waals surface area contributed by atoms with Gasteiger partial charge in [0.1, 0.15) is 0 Å². The maximum absolute atomic E-state index is 2.85. The molecule has 0 atom stereocenters. The molecule has 0 N–H and O–H groups in total. The minimum atomic E-state index is -1.19. The summed E-state index contributed by atoms with van der Waals surface area (Å²) in [5, 5.41) is 0. The fourth-order valence-corrected chi connectivity index (χ4v) is 9.14. The van der Waals surface area contributed by atoms with Crippen molar-refractivity contribution in [2.24, 2.45) is 0 Å². The molecule has 0 fully saturated rings. The van der Waals surface area contributed by atoms with E-state index in [4.69, 9.17) is 0 Å². The molecular formula is C26H54Si. The molecular weight excluding hydrogens is 340 g/mol. The SMILES string of the molecule is CCCCCC/C=C/[Si](CCCCCC)(CCCCCC)CCCCCC. The lowest BCUT2D eigenvalue weighted by atomic mass is 10.2. The average molecular weight is 395 g/mol. The van der Waals surface area contributed by atoms with Gasteiger partial charge in [0.25, 0.3) is 0 Å². The quantitative estimate of drug-likeness (QED) is 0.134. The second-order valence-corrected chi connectivity index (χ2v) is 13.6. The molecule has 0 aromatic carbocycles. The summed E-state index contributed by atoms with van der Waals surface area (Å²) in [7, 11) is -1.19. The topological polar surface area (TPSA) is 0 Å². The third-order valence-corrected chi connectivity index (χ3v) is 11.3. The van der Waals surface area contributed by atoms with Crippen LogP contribution in [0.15, 0.2) is 11.8 Å². The van der Waals surface area contributed by atoms with Crippen LogP contribution in [-0.4, -0.2) is 8.07 Å². The molecule has 1 heteroatoms. The van der Waals surface area contributed by atoms with E-state index in [9.17, 15) is 0 Å². The Hall–Kier alpha value is -0.0431. The summed E-state index contributed by atoms with van der Waals surface area (Å²) in [6.45, 7) is 9.35. The number of hydrogen-bond donors (Lipinski definition) is 0. The average Bonchev–Trinajstić information content (AvgIpc) is 2.68. The van der Waals surface area contributed by atoms with Crippen LogP contribution in [0.3, 0.4) is 0 Å². The first-order valence-electron chi connectivity index (χ1n) is 12.9. The molecule has 0 unspecified atom stereocenters. The highest BCUT2D eigenvalue weighted by Crippen LogP contribution is 2.31. The second-order valence-electron chi connectivity index (χ2n) is 9.05. The predicted octanol–water partition coefficient (Wildman–Crippen LogP) is 10.2. The minimum Gasteiger partial charge on any atom is -0.0981 e. The van der Waals surface area contributed by atoms with E-state index in [1.807, 2.05) is 0 Å². The van der Waals surface area contributed by atoms with E-state index in [-0.39, 0.29) is 0 Å². The number of hydrogen-bond acceptors (Lipinski definition) is 0. The smallest absolute Gasteiger partial charge is 0.0774 e. The zero-order valence-corrected chi connectivity index (χ0v) is 20.8. The van der Waals surface area contributed by atoms with Crippen LogP contribution in [0.2, 0.25) is 18.1 Å². The Morgan fingerprint density at radius 2 is 0.815 bits per heavy atom. The van der Waals surface area contributed by atoms with Gasteiger partial charge in [0.15, 0.2) is 0 Å². The van der Waals surface area contributed by atoms with Crippen molar-refractivity contribution in [3.8, 4) is 0 Å². The molecule has 0 aliphatic carbocycles. The summed E-state index contributed by atoms with van der Waals surface area (Å²) < 4.78 is 0. The molecule has 0 saturated heterocycles. The zero-order valence-electron chi connectivity index (χ0n) is 19.8. The van der Waals surface area contributed by atoms with Crippen LogP contribution in [0.4, 0.5) is 0 Å². The molecule has 0 saturated carbocycles. The molecule has 0 aliphatic rings. The summed E-state index contributed by atoms with van der Waals surface area (Å²) in [6, 6.07) is 4.74. The van der Waals surface area contributed by atoms with E-state index < -0.39 is 8.07 Å². The van der Waals surface area contributed by atoms with Crippen molar-refractivity contribution < 1.29 is 0 Å². The van der Waals surface area contributed by atoms with Crippen molar-refractivity contribution >= 4 is 8.07 Å². The van der Waals surface area contributed by atoms with Crippen LogP contribution in [-0.2, 0) is 0 Å². The van der Waals surface area contributed by atoms with Crippen LogP contribution in [0, 0.1) is 0 Å². The van der Waals surface area contributed by atoms with Gasteiger partial charge in [-0.15, -0.1) is 0 Å². The molecule has 0 spiro atoms. The Balaban J connectivity index is 4.78. The molecule has 0 nitrogen and oxygen atoms in total. The van der Waals surface area contributed by atoms with Crippen molar-refractivity contribution in [1.29, 1.82) is 0 Å². The van der Waals surface area contributed by atoms with Gasteiger partial charge in [0.2, 0.25) is 0 Å². The minimum absolute atomic E-state index is 1.19. The van der Waals surface area contributed by atoms with Gasteiger partial charge in [-0.3, -0.25) is 0 Å². The Morgan fingerprint density at radius 3 is 1.19 bits per heavy atom. The van der Waals surface area contributed by atoms with Crippen LogP contribution in [0.5, 0.6) is 0 Å². The maximum atomic E-state index is 2.85. The Morgan fingerprint density at radius 1 is 0.444 bits per heavy atom. The lowest BCUT2D eigenvalue weighted by molar-refractivity contribution is 0.666. The Labute approximate surface area is 175 Å². The molecule has 0 heterocycles. The van der Waals surface area contributed by atoms with E-state index in [0.29, 0.717) is 0 Å². The first-order valence-corrected chi connectivity index (χ1v) is 15.6. The summed E-state index contributed by atoms with van der Waals surface area (Å²) in [4.78, 5) is 0. The standard InChI is InChI=1S/C26H54Si/c1-5-9-13-17-18-22-26-27(23-19-14-10-6-2,24-20-15-11-7-3)25-21-16-12-8-4/h22,26H,5-21,23-25H2,1-4H3/b26-22+. The fourth-order valence-electron chi connectivity index (χ4n) is 4.36. The normalized spacial score (nSPS) is 12.3. The van der Waals surface area contributed by atoms with Gasteiger partial charge in [-0.05, 0) is 12.8 Å². The first-order chi connectivity index (χ1) is 13.2. The highest BCUT2D eigenvalue weighted by Gasteiger charge is 2.28. The van der Waals surface area contributed by atoms with Gasteiger partial charge < -0.3 is 0 Å². The van der Waals surface area contributed by atoms with Crippen molar-refractivity contribution in [3.05, 3.63) is 11.8 Å². The molecule has 27 heavy (non-hydrogen) atoms. The highest BCUT2D eigenvalue weighted by atomic mass is 28.3. The third-order valence-electron chi connectivity index (χ3n) is 6.28. The highest BCUT2D eigenvalue weighted by molar-refractivity contribution is 6.84. The van der Waals surface area contributed by atoms with Gasteiger partial charge in [-0.1, -0.05) is 154 Å². The summed E-state index contributed by atoms with van der Waals surface area (Å²) in [5.74, 6) is 0. The molecule has 0 rings (SSSR count). The molecule has 0 aromatic heterocycles. The summed E-state index contributed by atoms with van der Waals surface area (Å²) in [6.07, 6.45) is 27.0. The van der Waals surface area contributed by atoms with Crippen LogP contribution < -0.4 is 0 Å². The third kappa shape index (κ3) is 16.6. The van der Waals surface area contributed by atoms with Gasteiger partial charge in [-0.2, -0.15) is 0 Å². The van der Waals surface area contributed by atoms with Crippen molar-refractivity contribution in [1.82, 2.24) is 0 Å². The number of allylic oxidation sites excluding steroid dienone is 1. The molecule has 0 bridgehead atoms. The molecule has 0 amide bonds. The lowest BCUT2D eigenvalue weighted by Crippen LogP contribution is -2.32. The van der Waals surface area contributed by atoms with E-state index >= 15 is 0 Å². The van der Waals surface area contributed by atoms with E-state index in [1.165, 1.54) is 109 Å². The molecule has 162 valence electrons. The number of rotatable bonds is 21. The van der Waals surface area contributed by atoms with E-state index in [2.05, 4.69) is 39.5 Å². The van der Waals surface area contributed by atoms with Crippen LogP contribution >= 0.6 is 0 Å². The monoisotopic (exact) mass is 394 g/mol. The fraction of sp³-hybridized carbons (Fsp3) is 0.923. The van der Waals surface area contributed by atoms with Gasteiger partial charge in [-0.25, -0.2) is 0 Å². The van der Waals surface area contributed by atoms with Gasteiger partial charge in [0, 0.05) is 0 Å². The summed E-state index contributed by atoms with van der Waals surface area (Å²) >= 11 is 0. The van der Waals surface area contributed by atoms with Crippen LogP contribution in [0.1, 0.15) is 137 Å². The first kappa shape index (κ1) is 27.0. The Kier molecular flexibility index (Phi) is 20.7. The maximum Gasteiger partial charge on any atom is 0.0774 e. The van der Waals surface area contributed by atoms with Crippen LogP contribution in [0.25, 0.3) is 0 Å². The van der Waals surface area contributed by atoms with Gasteiger partial charge in [0.05, 0.1) is 8.07 Å². The zero-order chi connectivity index (χ0) is 20.1. The molecule has 0 aromatic rings. The largest absolute Gasteiger partial charge is 0.0981 e. The van der Waals surface area contributed by atoms with E-state index in [1.54, 1.807) is 18.1 Å². The predicted molar refractivity (Wildman–Crippen MR) is 131 cm³/mol. The van der Waals surface area contributed by atoms with E-state index in [0.717, 1.165) is 0 Å². The van der Waals surface area contributed by atoms with Crippen molar-refractivity contribution in [2.45, 2.75) is 155 Å². The molecule has 0 aliphatic heterocycles. The molecule has 0 radical (unpaired) electrons. The lowest BCUT2D eigenvalue weighted by Gasteiger charge is -2.29. The number of unbranched alkanes of at least 4 members (excludes halogenated alkanes) is 13. The van der Waals surface area contributed by atoms with Crippen molar-refractivity contribution in [3.63, 3.8) is 0 Å².